The van der Waals surface area contributed by atoms with Crippen LogP contribution in [0.15, 0.2) is 24.3 Å². The molecule has 0 heterocycles. The average Bonchev–Trinajstić information content (AvgIpc) is 2.18. The van der Waals surface area contributed by atoms with Crippen LogP contribution in [0, 0.1) is 6.92 Å². The highest BCUT2D eigenvalue weighted by atomic mass is 35.5. The molecule has 0 bridgehead atoms. The van der Waals surface area contributed by atoms with E-state index in [9.17, 15) is 9.59 Å². The summed E-state index contributed by atoms with van der Waals surface area (Å²) in [6, 6.07) is 6.41. The molecule has 1 unspecified atom stereocenters. The maximum Gasteiger partial charge on any atom is 0.251 e. The van der Waals surface area contributed by atoms with E-state index in [0.29, 0.717) is 5.56 Å². The lowest BCUT2D eigenvalue weighted by Crippen LogP contribution is -2.36. The van der Waals surface area contributed by atoms with Gasteiger partial charge >= 0.3 is 0 Å². The minimum Gasteiger partial charge on any atom is -0.341 e. The molecule has 0 aliphatic rings. The summed E-state index contributed by atoms with van der Waals surface area (Å²) < 4.78 is 0. The van der Waals surface area contributed by atoms with Crippen molar-refractivity contribution < 1.29 is 9.59 Å². The van der Waals surface area contributed by atoms with Gasteiger partial charge < -0.3 is 5.32 Å². The average molecular weight is 226 g/mol. The Morgan fingerprint density at radius 3 is 2.27 bits per heavy atom. The molecule has 1 N–H and O–H groups in total. The van der Waals surface area contributed by atoms with Gasteiger partial charge in [0.1, 0.15) is 6.04 Å². The molecular weight excluding hydrogens is 214 g/mol. The van der Waals surface area contributed by atoms with Gasteiger partial charge in [-0.05, 0) is 37.6 Å². The first kappa shape index (κ1) is 11.7. The highest BCUT2D eigenvalue weighted by Gasteiger charge is 2.13. The molecule has 0 aromatic heterocycles. The summed E-state index contributed by atoms with van der Waals surface area (Å²) in [5, 5.41) is 1.92. The molecular formula is C11H12ClNO2. The minimum absolute atomic E-state index is 0.295. The van der Waals surface area contributed by atoms with Gasteiger partial charge in [-0.3, -0.25) is 9.59 Å². The van der Waals surface area contributed by atoms with Crippen molar-refractivity contribution in [2.45, 2.75) is 19.9 Å². The number of carbonyl (C=O) groups excluding carboxylic acids is 2. The van der Waals surface area contributed by atoms with E-state index in [1.54, 1.807) is 19.1 Å². The molecule has 0 spiro atoms. The smallest absolute Gasteiger partial charge is 0.251 e. The van der Waals surface area contributed by atoms with Crippen LogP contribution in [0.4, 0.5) is 0 Å². The van der Waals surface area contributed by atoms with Crippen LogP contribution < -0.4 is 5.32 Å². The molecule has 0 radical (unpaired) electrons. The van der Waals surface area contributed by atoms with Gasteiger partial charge in [0, 0.05) is 5.56 Å². The lowest BCUT2D eigenvalue weighted by Gasteiger charge is -2.09. The van der Waals surface area contributed by atoms with Crippen molar-refractivity contribution in [3.63, 3.8) is 0 Å². The number of rotatable bonds is 3. The zero-order chi connectivity index (χ0) is 11.4. The molecule has 0 saturated carbocycles. The van der Waals surface area contributed by atoms with Gasteiger partial charge in [0.15, 0.2) is 0 Å². The molecule has 4 heteroatoms. The molecule has 1 rings (SSSR count). The minimum atomic E-state index is -0.666. The Balaban J connectivity index is 2.69. The number of amides is 1. The fourth-order valence-corrected chi connectivity index (χ4v) is 1.10. The van der Waals surface area contributed by atoms with Crippen LogP contribution in [-0.2, 0) is 4.79 Å². The number of hydrogen-bond acceptors (Lipinski definition) is 2. The maximum atomic E-state index is 11.5. The molecule has 0 fully saturated rings. The summed E-state index contributed by atoms with van der Waals surface area (Å²) in [5.41, 5.74) is 1.60. The van der Waals surface area contributed by atoms with E-state index in [0.717, 1.165) is 5.56 Å². The van der Waals surface area contributed by atoms with E-state index >= 15 is 0 Å². The summed E-state index contributed by atoms with van der Waals surface area (Å²) in [6.07, 6.45) is 0. The second-order valence-electron chi connectivity index (χ2n) is 3.37. The van der Waals surface area contributed by atoms with E-state index in [-0.39, 0.29) is 5.91 Å². The Kier molecular flexibility index (Phi) is 3.86. The predicted octanol–water partition coefficient (Wildman–Crippen LogP) is 1.88. The molecule has 1 aromatic rings. The van der Waals surface area contributed by atoms with Gasteiger partial charge in [0.25, 0.3) is 5.91 Å². The van der Waals surface area contributed by atoms with Crippen molar-refractivity contribution >= 4 is 22.8 Å². The first-order valence-electron chi connectivity index (χ1n) is 4.57. The van der Waals surface area contributed by atoms with Gasteiger partial charge in [-0.25, -0.2) is 0 Å². The van der Waals surface area contributed by atoms with Crippen LogP contribution in [0.2, 0.25) is 0 Å². The monoisotopic (exact) mass is 225 g/mol. The van der Waals surface area contributed by atoms with Crippen LogP contribution >= 0.6 is 11.6 Å². The fraction of sp³-hybridized carbons (Fsp3) is 0.273. The molecule has 1 amide bonds. The SMILES string of the molecule is Cc1ccc(C(=O)NC(C)C(=O)Cl)cc1. The molecule has 80 valence electrons. The molecule has 0 aliphatic heterocycles. The normalized spacial score (nSPS) is 11.9. The third-order valence-corrected chi connectivity index (χ3v) is 2.33. The van der Waals surface area contributed by atoms with Crippen molar-refractivity contribution in [1.29, 1.82) is 0 Å². The predicted molar refractivity (Wildman–Crippen MR) is 59.0 cm³/mol. The Labute approximate surface area is 93.4 Å². The van der Waals surface area contributed by atoms with Gasteiger partial charge in [-0.2, -0.15) is 0 Å². The van der Waals surface area contributed by atoms with Crippen molar-refractivity contribution in [2.24, 2.45) is 0 Å². The topological polar surface area (TPSA) is 46.2 Å². The van der Waals surface area contributed by atoms with Gasteiger partial charge in [0.05, 0.1) is 0 Å². The highest BCUT2D eigenvalue weighted by Crippen LogP contribution is 2.03. The first-order chi connectivity index (χ1) is 7.00. The third-order valence-electron chi connectivity index (χ3n) is 2.00. The highest BCUT2D eigenvalue weighted by molar-refractivity contribution is 6.64. The molecule has 0 aliphatic carbocycles. The number of halogens is 1. The van der Waals surface area contributed by atoms with Crippen LogP contribution in [0.25, 0.3) is 0 Å². The van der Waals surface area contributed by atoms with E-state index in [2.05, 4.69) is 5.32 Å². The number of benzene rings is 1. The number of hydrogen-bond donors (Lipinski definition) is 1. The summed E-state index contributed by atoms with van der Waals surface area (Å²) in [5.74, 6) is -0.295. The summed E-state index contributed by atoms with van der Waals surface area (Å²) in [4.78, 5) is 22.3. The van der Waals surface area contributed by atoms with Crippen LogP contribution in [0.5, 0.6) is 0 Å². The lowest BCUT2D eigenvalue weighted by atomic mass is 10.1. The van der Waals surface area contributed by atoms with Crippen molar-refractivity contribution in [2.75, 3.05) is 0 Å². The lowest BCUT2D eigenvalue weighted by molar-refractivity contribution is -0.113. The third kappa shape index (κ3) is 3.36. The van der Waals surface area contributed by atoms with Crippen molar-refractivity contribution in [1.82, 2.24) is 5.32 Å². The molecule has 0 saturated heterocycles. The largest absolute Gasteiger partial charge is 0.341 e. The van der Waals surface area contributed by atoms with E-state index in [1.807, 2.05) is 19.1 Å². The Hall–Kier alpha value is -1.35. The van der Waals surface area contributed by atoms with Crippen LogP contribution in [0.1, 0.15) is 22.8 Å². The Morgan fingerprint density at radius 2 is 1.80 bits per heavy atom. The molecule has 3 nitrogen and oxygen atoms in total. The zero-order valence-electron chi connectivity index (χ0n) is 8.58. The van der Waals surface area contributed by atoms with E-state index in [4.69, 9.17) is 11.6 Å². The van der Waals surface area contributed by atoms with Gasteiger partial charge in [0.2, 0.25) is 5.24 Å². The standard InChI is InChI=1S/C11H12ClNO2/c1-7-3-5-9(6-4-7)11(15)13-8(2)10(12)14/h3-6,8H,1-2H3,(H,13,15). The first-order valence-corrected chi connectivity index (χ1v) is 4.95. The quantitative estimate of drug-likeness (QED) is 0.799. The summed E-state index contributed by atoms with van der Waals surface area (Å²) in [6.45, 7) is 3.48. The Bertz CT molecular complexity index is 373. The van der Waals surface area contributed by atoms with Crippen LogP contribution in [0.3, 0.4) is 0 Å². The maximum absolute atomic E-state index is 11.5. The molecule has 1 atom stereocenters. The van der Waals surface area contributed by atoms with Crippen LogP contribution in [-0.4, -0.2) is 17.2 Å². The number of carbonyl (C=O) groups is 2. The Morgan fingerprint density at radius 1 is 1.27 bits per heavy atom. The molecule has 1 aromatic carbocycles. The zero-order valence-corrected chi connectivity index (χ0v) is 9.34. The summed E-state index contributed by atoms with van der Waals surface area (Å²) >= 11 is 5.23. The second-order valence-corrected chi connectivity index (χ2v) is 3.74. The summed E-state index contributed by atoms with van der Waals surface area (Å²) in [7, 11) is 0. The fourth-order valence-electron chi connectivity index (χ4n) is 1.04. The second kappa shape index (κ2) is 4.94. The van der Waals surface area contributed by atoms with Crippen molar-refractivity contribution in [3.8, 4) is 0 Å². The molecule has 15 heavy (non-hydrogen) atoms. The number of aryl methyl sites for hydroxylation is 1. The van der Waals surface area contributed by atoms with E-state index in [1.165, 1.54) is 0 Å². The van der Waals surface area contributed by atoms with Crippen molar-refractivity contribution in [3.05, 3.63) is 35.4 Å². The van der Waals surface area contributed by atoms with E-state index < -0.39 is 11.3 Å². The van der Waals surface area contributed by atoms with Gasteiger partial charge in [-0.1, -0.05) is 17.7 Å². The number of nitrogens with one attached hydrogen (secondary N) is 1. The van der Waals surface area contributed by atoms with Gasteiger partial charge in [-0.15, -0.1) is 0 Å².